The second-order valence-electron chi connectivity index (χ2n) is 3.86. The number of hydrogen-bond acceptors (Lipinski definition) is 3. The van der Waals surface area contributed by atoms with Crippen LogP contribution in [0.2, 0.25) is 0 Å². The van der Waals surface area contributed by atoms with Crippen molar-refractivity contribution in [2.75, 3.05) is 6.54 Å². The molecule has 16 heavy (non-hydrogen) atoms. The van der Waals surface area contributed by atoms with E-state index in [1.54, 1.807) is 0 Å². The van der Waals surface area contributed by atoms with Gasteiger partial charge in [0.1, 0.15) is 5.01 Å². The van der Waals surface area contributed by atoms with Gasteiger partial charge < -0.3 is 5.32 Å². The molecule has 0 saturated carbocycles. The van der Waals surface area contributed by atoms with E-state index in [0.717, 1.165) is 23.7 Å². The summed E-state index contributed by atoms with van der Waals surface area (Å²) < 4.78 is 0. The van der Waals surface area contributed by atoms with Crippen molar-refractivity contribution in [2.45, 2.75) is 32.6 Å². The smallest absolute Gasteiger partial charge is 0.226 e. The molecule has 1 amide bonds. The van der Waals surface area contributed by atoms with Crippen molar-refractivity contribution < 1.29 is 4.79 Å². The molecule has 1 heterocycles. The normalized spacial score (nSPS) is 12.4. The average Bonchev–Trinajstić information content (AvgIpc) is 2.73. The van der Waals surface area contributed by atoms with Crippen LogP contribution in [-0.4, -0.2) is 17.4 Å². The Morgan fingerprint density at radius 2 is 2.44 bits per heavy atom. The first-order chi connectivity index (χ1) is 7.65. The van der Waals surface area contributed by atoms with Crippen LogP contribution in [0.5, 0.6) is 0 Å². The molecule has 1 rings (SSSR count). The van der Waals surface area contributed by atoms with Crippen molar-refractivity contribution in [3.8, 4) is 0 Å². The molecule has 1 atom stereocenters. The zero-order valence-corrected chi connectivity index (χ0v) is 11.2. The van der Waals surface area contributed by atoms with Gasteiger partial charge in [-0.3, -0.25) is 4.79 Å². The molecule has 0 fully saturated rings. The standard InChI is InChI=1S/C11H17ClN2OS/c1-3-8(2)6-13-10(15)4-11-14-9(5-12)7-16-11/h7-8H,3-6H2,1-2H3,(H,13,15). The molecule has 90 valence electrons. The summed E-state index contributed by atoms with van der Waals surface area (Å²) in [6, 6.07) is 0. The van der Waals surface area contributed by atoms with Crippen LogP contribution in [0.4, 0.5) is 0 Å². The summed E-state index contributed by atoms with van der Waals surface area (Å²) in [5, 5.41) is 5.63. The van der Waals surface area contributed by atoms with Gasteiger partial charge in [0.2, 0.25) is 5.91 Å². The molecule has 1 aromatic heterocycles. The number of nitrogens with zero attached hydrogens (tertiary/aromatic N) is 1. The summed E-state index contributed by atoms with van der Waals surface area (Å²) in [5.74, 6) is 0.972. The molecular weight excluding hydrogens is 244 g/mol. The highest BCUT2D eigenvalue weighted by Crippen LogP contribution is 2.12. The molecule has 1 aromatic rings. The number of amides is 1. The molecular formula is C11H17ClN2OS. The highest BCUT2D eigenvalue weighted by molar-refractivity contribution is 7.09. The van der Waals surface area contributed by atoms with Gasteiger partial charge in [0.15, 0.2) is 0 Å². The largest absolute Gasteiger partial charge is 0.355 e. The molecule has 0 aliphatic heterocycles. The van der Waals surface area contributed by atoms with E-state index in [1.165, 1.54) is 11.3 Å². The summed E-state index contributed by atoms with van der Waals surface area (Å²) in [4.78, 5) is 15.8. The third kappa shape index (κ3) is 4.49. The summed E-state index contributed by atoms with van der Waals surface area (Å²) in [6.07, 6.45) is 1.44. The quantitative estimate of drug-likeness (QED) is 0.799. The van der Waals surface area contributed by atoms with E-state index in [2.05, 4.69) is 24.1 Å². The van der Waals surface area contributed by atoms with Crippen LogP contribution in [-0.2, 0) is 17.1 Å². The zero-order valence-electron chi connectivity index (χ0n) is 9.62. The van der Waals surface area contributed by atoms with E-state index in [9.17, 15) is 4.79 Å². The number of carbonyl (C=O) groups excluding carboxylic acids is 1. The summed E-state index contributed by atoms with van der Waals surface area (Å²) in [7, 11) is 0. The van der Waals surface area contributed by atoms with Crippen molar-refractivity contribution in [1.82, 2.24) is 10.3 Å². The number of carbonyl (C=O) groups is 1. The number of thiazole rings is 1. The van der Waals surface area contributed by atoms with Gasteiger partial charge in [-0.2, -0.15) is 0 Å². The van der Waals surface area contributed by atoms with Crippen LogP contribution in [0, 0.1) is 5.92 Å². The third-order valence-corrected chi connectivity index (χ3v) is 3.56. The Bertz CT molecular complexity index is 340. The first-order valence-corrected chi connectivity index (χ1v) is 6.83. The van der Waals surface area contributed by atoms with Gasteiger partial charge in [-0.25, -0.2) is 4.98 Å². The Labute approximate surface area is 105 Å². The van der Waals surface area contributed by atoms with Crippen molar-refractivity contribution in [3.63, 3.8) is 0 Å². The fourth-order valence-corrected chi connectivity index (χ4v) is 2.14. The molecule has 1 N–H and O–H groups in total. The van der Waals surface area contributed by atoms with Crippen molar-refractivity contribution in [1.29, 1.82) is 0 Å². The van der Waals surface area contributed by atoms with Crippen molar-refractivity contribution in [2.24, 2.45) is 5.92 Å². The summed E-state index contributed by atoms with van der Waals surface area (Å²) in [5.41, 5.74) is 0.844. The van der Waals surface area contributed by atoms with Crippen LogP contribution in [0.15, 0.2) is 5.38 Å². The van der Waals surface area contributed by atoms with Gasteiger partial charge >= 0.3 is 0 Å². The first kappa shape index (κ1) is 13.5. The van der Waals surface area contributed by atoms with E-state index < -0.39 is 0 Å². The van der Waals surface area contributed by atoms with Gasteiger partial charge in [-0.15, -0.1) is 22.9 Å². The minimum absolute atomic E-state index is 0.0378. The van der Waals surface area contributed by atoms with Gasteiger partial charge in [0.25, 0.3) is 0 Å². The number of alkyl halides is 1. The number of nitrogens with one attached hydrogen (secondary N) is 1. The second-order valence-corrected chi connectivity index (χ2v) is 5.07. The minimum atomic E-state index is 0.0378. The van der Waals surface area contributed by atoms with Gasteiger partial charge in [-0.05, 0) is 5.92 Å². The monoisotopic (exact) mass is 260 g/mol. The maximum absolute atomic E-state index is 11.6. The molecule has 0 radical (unpaired) electrons. The predicted molar refractivity (Wildman–Crippen MR) is 67.8 cm³/mol. The van der Waals surface area contributed by atoms with E-state index in [-0.39, 0.29) is 5.91 Å². The Balaban J connectivity index is 2.33. The molecule has 0 aliphatic rings. The maximum Gasteiger partial charge on any atom is 0.226 e. The molecule has 0 aromatic carbocycles. The van der Waals surface area contributed by atoms with E-state index >= 15 is 0 Å². The summed E-state index contributed by atoms with van der Waals surface area (Å²) in [6.45, 7) is 4.97. The number of rotatable bonds is 6. The lowest BCUT2D eigenvalue weighted by Crippen LogP contribution is -2.29. The lowest BCUT2D eigenvalue weighted by atomic mass is 10.1. The molecule has 0 bridgehead atoms. The van der Waals surface area contributed by atoms with Gasteiger partial charge in [-0.1, -0.05) is 20.3 Å². The molecule has 1 unspecified atom stereocenters. The van der Waals surface area contributed by atoms with Crippen molar-refractivity contribution in [3.05, 3.63) is 16.1 Å². The van der Waals surface area contributed by atoms with E-state index in [0.29, 0.717) is 18.2 Å². The highest BCUT2D eigenvalue weighted by Gasteiger charge is 2.08. The van der Waals surface area contributed by atoms with Crippen LogP contribution in [0.1, 0.15) is 31.0 Å². The lowest BCUT2D eigenvalue weighted by Gasteiger charge is -2.09. The van der Waals surface area contributed by atoms with Crippen LogP contribution in [0.25, 0.3) is 0 Å². The topological polar surface area (TPSA) is 42.0 Å². The zero-order chi connectivity index (χ0) is 12.0. The number of halogens is 1. The van der Waals surface area contributed by atoms with Crippen molar-refractivity contribution >= 4 is 28.8 Å². The SMILES string of the molecule is CCC(C)CNC(=O)Cc1nc(CCl)cs1. The van der Waals surface area contributed by atoms with Crippen LogP contribution >= 0.6 is 22.9 Å². The second kappa shape index (κ2) is 6.86. The molecule has 3 nitrogen and oxygen atoms in total. The Kier molecular flexibility index (Phi) is 5.77. The molecule has 0 spiro atoms. The molecule has 0 aliphatic carbocycles. The van der Waals surface area contributed by atoms with Gasteiger partial charge in [0.05, 0.1) is 18.0 Å². The number of aromatic nitrogens is 1. The Morgan fingerprint density at radius 1 is 1.69 bits per heavy atom. The predicted octanol–water partition coefficient (Wildman–Crippen LogP) is 2.59. The molecule has 0 saturated heterocycles. The van der Waals surface area contributed by atoms with E-state index in [1.807, 2.05) is 5.38 Å². The third-order valence-electron chi connectivity index (χ3n) is 2.39. The fourth-order valence-electron chi connectivity index (χ4n) is 1.12. The minimum Gasteiger partial charge on any atom is -0.355 e. The molecule has 5 heteroatoms. The van der Waals surface area contributed by atoms with Gasteiger partial charge in [0, 0.05) is 11.9 Å². The van der Waals surface area contributed by atoms with Crippen LogP contribution < -0.4 is 5.32 Å². The average molecular weight is 261 g/mol. The fraction of sp³-hybridized carbons (Fsp3) is 0.636. The van der Waals surface area contributed by atoms with Crippen LogP contribution in [0.3, 0.4) is 0 Å². The number of hydrogen-bond donors (Lipinski definition) is 1. The van der Waals surface area contributed by atoms with E-state index in [4.69, 9.17) is 11.6 Å². The first-order valence-electron chi connectivity index (χ1n) is 5.41. The maximum atomic E-state index is 11.6. The summed E-state index contributed by atoms with van der Waals surface area (Å²) >= 11 is 7.13. The Hall–Kier alpha value is -0.610. The lowest BCUT2D eigenvalue weighted by molar-refractivity contribution is -0.120. The Morgan fingerprint density at radius 3 is 3.00 bits per heavy atom. The highest BCUT2D eigenvalue weighted by atomic mass is 35.5.